The average Bonchev–Trinajstić information content (AvgIpc) is 3.32. The van der Waals surface area contributed by atoms with E-state index in [4.69, 9.17) is 4.74 Å². The summed E-state index contributed by atoms with van der Waals surface area (Å²) in [4.78, 5) is 31.6. The molecular weight excluding hydrogens is 487 g/mol. The third kappa shape index (κ3) is 5.43. The second-order valence-electron chi connectivity index (χ2n) is 8.91. The zero-order valence-corrected chi connectivity index (χ0v) is 20.2. The Morgan fingerprint density at radius 1 is 1.22 bits per heavy atom. The number of methoxy groups -OCH3 is 1. The number of carboxylic acid groups (broad SMARTS) is 1. The van der Waals surface area contributed by atoms with Crippen LogP contribution in [-0.4, -0.2) is 71.1 Å². The van der Waals surface area contributed by atoms with Crippen LogP contribution in [0.25, 0.3) is 17.0 Å². The van der Waals surface area contributed by atoms with Crippen molar-refractivity contribution in [1.29, 1.82) is 0 Å². The Kier molecular flexibility index (Phi) is 7.77. The van der Waals surface area contributed by atoms with Crippen molar-refractivity contribution < 1.29 is 32.6 Å². The number of pyridine rings is 1. The largest absolute Gasteiger partial charge is 0.497 e. The molecule has 1 N–H and O–H groups in total. The van der Waals surface area contributed by atoms with Crippen LogP contribution in [0, 0.1) is 17.5 Å². The van der Waals surface area contributed by atoms with E-state index in [-0.39, 0.29) is 38.0 Å². The summed E-state index contributed by atoms with van der Waals surface area (Å²) in [6, 6.07) is 8.20. The quantitative estimate of drug-likeness (QED) is 0.414. The van der Waals surface area contributed by atoms with Crippen molar-refractivity contribution in [2.45, 2.75) is 18.4 Å². The van der Waals surface area contributed by atoms with Crippen molar-refractivity contribution in [3.63, 3.8) is 0 Å². The Bertz CT molecular complexity index is 1350. The highest BCUT2D eigenvalue weighted by atomic mass is 19.1. The van der Waals surface area contributed by atoms with Gasteiger partial charge in [-0.3, -0.25) is 14.7 Å². The summed E-state index contributed by atoms with van der Waals surface area (Å²) in [6.45, 7) is 0.656. The third-order valence-electron chi connectivity index (χ3n) is 6.76. The molecule has 0 saturated carbocycles. The van der Waals surface area contributed by atoms with Crippen molar-refractivity contribution >= 4 is 29.4 Å². The number of hydrogen-bond donors (Lipinski definition) is 1. The minimum Gasteiger partial charge on any atom is -0.497 e. The Balaban J connectivity index is 1.50. The van der Waals surface area contributed by atoms with Crippen molar-refractivity contribution in [1.82, 2.24) is 14.8 Å². The van der Waals surface area contributed by atoms with Gasteiger partial charge in [-0.25, -0.2) is 18.0 Å². The maximum absolute atomic E-state index is 14.7. The number of aromatic nitrogens is 1. The van der Waals surface area contributed by atoms with Crippen LogP contribution in [0.15, 0.2) is 48.7 Å². The molecule has 1 amide bonds. The molecule has 1 fully saturated rings. The van der Waals surface area contributed by atoms with Gasteiger partial charge in [0, 0.05) is 42.7 Å². The Morgan fingerprint density at radius 2 is 2.03 bits per heavy atom. The lowest BCUT2D eigenvalue weighted by Gasteiger charge is -2.35. The van der Waals surface area contributed by atoms with Gasteiger partial charge in [0.25, 0.3) is 0 Å². The van der Waals surface area contributed by atoms with Crippen LogP contribution in [0.4, 0.5) is 13.2 Å². The molecule has 1 aliphatic heterocycles. The van der Waals surface area contributed by atoms with Crippen molar-refractivity contribution in [3.8, 4) is 5.75 Å². The number of ether oxygens (including phenoxy) is 1. The summed E-state index contributed by atoms with van der Waals surface area (Å²) in [6.07, 6.45) is 4.88. The number of carbonyl (C=O) groups is 2. The molecule has 4 rings (SSSR count). The Morgan fingerprint density at radius 3 is 2.76 bits per heavy atom. The van der Waals surface area contributed by atoms with Gasteiger partial charge in [0.05, 0.1) is 18.8 Å². The number of fused-ring (bicyclic) bond motifs is 1. The molecule has 1 saturated heterocycles. The molecule has 2 aromatic carbocycles. The fourth-order valence-corrected chi connectivity index (χ4v) is 4.71. The fourth-order valence-electron chi connectivity index (χ4n) is 4.71. The van der Waals surface area contributed by atoms with Crippen LogP contribution in [-0.2, 0) is 16.0 Å². The third-order valence-corrected chi connectivity index (χ3v) is 6.76. The maximum Gasteiger partial charge on any atom is 0.331 e. The van der Waals surface area contributed by atoms with Crippen molar-refractivity contribution in [2.24, 2.45) is 0 Å². The predicted octanol–water partition coefficient (Wildman–Crippen LogP) is 3.90. The zero-order chi connectivity index (χ0) is 26.6. The number of carbonyl (C=O) groups excluding carboxylic acids is 1. The lowest BCUT2D eigenvalue weighted by Crippen LogP contribution is -2.56. The van der Waals surface area contributed by atoms with Crippen LogP contribution >= 0.6 is 0 Å². The van der Waals surface area contributed by atoms with E-state index in [2.05, 4.69) is 4.98 Å². The van der Waals surface area contributed by atoms with E-state index in [1.54, 1.807) is 24.3 Å². The van der Waals surface area contributed by atoms with Crippen LogP contribution < -0.4 is 4.74 Å². The lowest BCUT2D eigenvalue weighted by molar-refractivity contribution is -0.154. The number of aliphatic carboxylic acids is 1. The van der Waals surface area contributed by atoms with E-state index in [1.165, 1.54) is 18.1 Å². The molecule has 0 radical (unpaired) electrons. The molecule has 37 heavy (non-hydrogen) atoms. The monoisotopic (exact) mass is 513 g/mol. The molecule has 1 atom stereocenters. The number of halogens is 3. The highest BCUT2D eigenvalue weighted by Gasteiger charge is 2.49. The molecule has 0 bridgehead atoms. The second kappa shape index (κ2) is 11.0. The SMILES string of the molecule is COc1ccc2ncc(F)c(CCN(C=O)C3(C(=O)O)CCN(C/C=C/c4cc(F)ccc4F)C3)c2c1. The molecule has 2 heterocycles. The van der Waals surface area contributed by atoms with E-state index in [9.17, 15) is 27.9 Å². The molecule has 1 aromatic heterocycles. The first-order chi connectivity index (χ1) is 17.8. The molecule has 7 nitrogen and oxygen atoms in total. The Labute approximate surface area is 211 Å². The van der Waals surface area contributed by atoms with Gasteiger partial charge in [-0.05, 0) is 49.2 Å². The number of rotatable bonds is 10. The van der Waals surface area contributed by atoms with Gasteiger partial charge in [-0.15, -0.1) is 0 Å². The molecule has 10 heteroatoms. The summed E-state index contributed by atoms with van der Waals surface area (Å²) in [7, 11) is 1.49. The van der Waals surface area contributed by atoms with Gasteiger partial charge in [-0.1, -0.05) is 12.2 Å². The predicted molar refractivity (Wildman–Crippen MR) is 132 cm³/mol. The number of carboxylic acids is 1. The summed E-state index contributed by atoms with van der Waals surface area (Å²) < 4.78 is 47.2. The first kappa shape index (κ1) is 26.2. The standard InChI is InChI=1S/C27H26F3N3O4/c1-37-20-5-7-25-22(14-20)21(24(30)15-31-25)8-11-33(17-34)27(26(35)36)9-12-32(16-27)10-2-3-18-13-19(28)4-6-23(18)29/h2-7,13-15,17H,8-12,16H2,1H3,(H,35,36)/b3-2+. The number of benzene rings is 2. The van der Waals surface area contributed by atoms with E-state index in [0.717, 1.165) is 24.4 Å². The van der Waals surface area contributed by atoms with Gasteiger partial charge >= 0.3 is 5.97 Å². The zero-order valence-electron chi connectivity index (χ0n) is 20.2. The van der Waals surface area contributed by atoms with E-state index in [1.807, 2.05) is 4.90 Å². The normalized spacial score (nSPS) is 17.9. The van der Waals surface area contributed by atoms with Crippen LogP contribution in [0.5, 0.6) is 5.75 Å². The topological polar surface area (TPSA) is 83.0 Å². The van der Waals surface area contributed by atoms with Gasteiger partial charge in [-0.2, -0.15) is 0 Å². The molecule has 1 aliphatic rings. The molecule has 194 valence electrons. The van der Waals surface area contributed by atoms with Gasteiger partial charge in [0.1, 0.15) is 23.2 Å². The van der Waals surface area contributed by atoms with Crippen LogP contribution in [0.1, 0.15) is 17.5 Å². The van der Waals surface area contributed by atoms with Crippen LogP contribution in [0.3, 0.4) is 0 Å². The van der Waals surface area contributed by atoms with Gasteiger partial charge in [0.15, 0.2) is 5.54 Å². The minimum atomic E-state index is -1.50. The first-order valence-corrected chi connectivity index (χ1v) is 11.7. The summed E-state index contributed by atoms with van der Waals surface area (Å²) >= 11 is 0. The van der Waals surface area contributed by atoms with Gasteiger partial charge in [0.2, 0.25) is 6.41 Å². The molecule has 0 aliphatic carbocycles. The van der Waals surface area contributed by atoms with E-state index in [0.29, 0.717) is 35.2 Å². The smallest absolute Gasteiger partial charge is 0.331 e. The number of nitrogens with zero attached hydrogens (tertiary/aromatic N) is 3. The van der Waals surface area contributed by atoms with E-state index < -0.39 is 29.0 Å². The molecule has 0 spiro atoms. The van der Waals surface area contributed by atoms with E-state index >= 15 is 0 Å². The average molecular weight is 514 g/mol. The highest BCUT2D eigenvalue weighted by Crippen LogP contribution is 2.30. The van der Waals surface area contributed by atoms with Crippen molar-refractivity contribution in [3.05, 3.63) is 77.2 Å². The van der Waals surface area contributed by atoms with Crippen molar-refractivity contribution in [2.75, 3.05) is 33.3 Å². The molecule has 3 aromatic rings. The molecule has 1 unspecified atom stereocenters. The second-order valence-corrected chi connectivity index (χ2v) is 8.91. The van der Waals surface area contributed by atoms with Crippen LogP contribution in [0.2, 0.25) is 0 Å². The summed E-state index contributed by atoms with van der Waals surface area (Å²) in [5, 5.41) is 10.6. The lowest BCUT2D eigenvalue weighted by atomic mass is 9.95. The first-order valence-electron chi connectivity index (χ1n) is 11.7. The fraction of sp³-hybridized carbons (Fsp3) is 0.296. The Hall–Kier alpha value is -3.92. The number of amides is 1. The maximum atomic E-state index is 14.7. The summed E-state index contributed by atoms with van der Waals surface area (Å²) in [5.41, 5.74) is -0.555. The minimum absolute atomic E-state index is 0.0266. The number of likely N-dealkylation sites (tertiary alicyclic amines) is 1. The number of hydrogen-bond acceptors (Lipinski definition) is 5. The highest BCUT2D eigenvalue weighted by molar-refractivity contribution is 5.84. The molecular formula is C27H26F3N3O4. The summed E-state index contributed by atoms with van der Waals surface area (Å²) in [5.74, 6) is -2.33. The van der Waals surface area contributed by atoms with Gasteiger partial charge < -0.3 is 14.7 Å².